The average Bonchev–Trinajstić information content (AvgIpc) is 3.12. The van der Waals surface area contributed by atoms with E-state index in [0.717, 1.165) is 31.1 Å². The van der Waals surface area contributed by atoms with Crippen molar-refractivity contribution in [3.8, 4) is 5.75 Å². The van der Waals surface area contributed by atoms with Crippen LogP contribution in [0.2, 0.25) is 0 Å². The zero-order valence-electron chi connectivity index (χ0n) is 15.7. The Bertz CT molecular complexity index is 760. The summed E-state index contributed by atoms with van der Waals surface area (Å²) in [6.07, 6.45) is 1.17. The third kappa shape index (κ3) is 4.67. The fourth-order valence-electron chi connectivity index (χ4n) is 3.30. The molecular weight excluding hydrogens is 342 g/mol. The minimum atomic E-state index is 0.593. The number of anilines is 2. The quantitative estimate of drug-likeness (QED) is 0.775. The highest BCUT2D eigenvalue weighted by Crippen LogP contribution is 2.25. The highest BCUT2D eigenvalue weighted by atomic mass is 32.1. The SMILES string of the molecule is COc1ccc(N2CC[C@@H](CNC(=S)Nc3cc(C)ccc3C)C2)cc1. The molecule has 2 aromatic rings. The summed E-state index contributed by atoms with van der Waals surface area (Å²) >= 11 is 5.47. The molecule has 1 saturated heterocycles. The molecule has 1 fully saturated rings. The lowest BCUT2D eigenvalue weighted by molar-refractivity contribution is 0.415. The Morgan fingerprint density at radius 3 is 2.69 bits per heavy atom. The molecule has 2 aromatic carbocycles. The van der Waals surface area contributed by atoms with Gasteiger partial charge in [0.2, 0.25) is 0 Å². The molecule has 1 aliphatic rings. The third-order valence-electron chi connectivity index (χ3n) is 4.92. The van der Waals surface area contributed by atoms with Crippen LogP contribution in [0.3, 0.4) is 0 Å². The van der Waals surface area contributed by atoms with E-state index in [4.69, 9.17) is 17.0 Å². The predicted molar refractivity (Wildman–Crippen MR) is 113 cm³/mol. The first kappa shape index (κ1) is 18.5. The molecule has 0 saturated carbocycles. The smallest absolute Gasteiger partial charge is 0.170 e. The number of aryl methyl sites for hydroxylation is 2. The number of hydrogen-bond acceptors (Lipinski definition) is 3. The number of rotatable bonds is 5. The Kier molecular flexibility index (Phi) is 5.99. The van der Waals surface area contributed by atoms with Gasteiger partial charge >= 0.3 is 0 Å². The van der Waals surface area contributed by atoms with Crippen molar-refractivity contribution in [2.75, 3.05) is 37.0 Å². The third-order valence-corrected chi connectivity index (χ3v) is 5.16. The van der Waals surface area contributed by atoms with Gasteiger partial charge in [0, 0.05) is 31.0 Å². The van der Waals surface area contributed by atoms with Crippen LogP contribution in [0, 0.1) is 19.8 Å². The molecule has 0 unspecified atom stereocenters. The van der Waals surface area contributed by atoms with Crippen molar-refractivity contribution < 1.29 is 4.74 Å². The van der Waals surface area contributed by atoms with E-state index in [1.54, 1.807) is 7.11 Å². The number of nitrogens with one attached hydrogen (secondary N) is 2. The van der Waals surface area contributed by atoms with Crippen molar-refractivity contribution in [2.45, 2.75) is 20.3 Å². The van der Waals surface area contributed by atoms with Crippen LogP contribution in [0.15, 0.2) is 42.5 Å². The van der Waals surface area contributed by atoms with Gasteiger partial charge in [-0.15, -0.1) is 0 Å². The van der Waals surface area contributed by atoms with Crippen molar-refractivity contribution in [2.24, 2.45) is 5.92 Å². The predicted octanol–water partition coefficient (Wildman–Crippen LogP) is 4.12. The fraction of sp³-hybridized carbons (Fsp3) is 0.381. The molecule has 0 bridgehead atoms. The molecule has 138 valence electrons. The summed E-state index contributed by atoms with van der Waals surface area (Å²) in [5, 5.41) is 7.40. The summed E-state index contributed by atoms with van der Waals surface area (Å²) in [5.74, 6) is 1.49. The van der Waals surface area contributed by atoms with Crippen LogP contribution in [-0.2, 0) is 0 Å². The largest absolute Gasteiger partial charge is 0.497 e. The molecule has 0 aromatic heterocycles. The highest BCUT2D eigenvalue weighted by Gasteiger charge is 2.22. The molecule has 0 amide bonds. The van der Waals surface area contributed by atoms with Crippen molar-refractivity contribution in [3.05, 3.63) is 53.6 Å². The zero-order chi connectivity index (χ0) is 18.5. The summed E-state index contributed by atoms with van der Waals surface area (Å²) in [7, 11) is 1.70. The Labute approximate surface area is 161 Å². The van der Waals surface area contributed by atoms with Crippen molar-refractivity contribution in [3.63, 3.8) is 0 Å². The molecule has 0 spiro atoms. The van der Waals surface area contributed by atoms with Gasteiger partial charge in [-0.2, -0.15) is 0 Å². The first-order chi connectivity index (χ1) is 12.5. The molecule has 1 atom stereocenters. The second-order valence-corrected chi connectivity index (χ2v) is 7.36. The van der Waals surface area contributed by atoms with E-state index >= 15 is 0 Å². The van der Waals surface area contributed by atoms with E-state index in [2.05, 4.69) is 59.7 Å². The average molecular weight is 370 g/mol. The number of nitrogens with zero attached hydrogens (tertiary/aromatic N) is 1. The van der Waals surface area contributed by atoms with Crippen LogP contribution in [0.25, 0.3) is 0 Å². The maximum absolute atomic E-state index is 5.47. The summed E-state index contributed by atoms with van der Waals surface area (Å²) in [4.78, 5) is 2.42. The molecule has 1 heterocycles. The molecule has 4 nitrogen and oxygen atoms in total. The number of ether oxygens (including phenoxy) is 1. The molecule has 2 N–H and O–H groups in total. The summed E-state index contributed by atoms with van der Waals surface area (Å²) < 4.78 is 5.23. The highest BCUT2D eigenvalue weighted by molar-refractivity contribution is 7.80. The van der Waals surface area contributed by atoms with Crippen molar-refractivity contribution in [1.29, 1.82) is 0 Å². The van der Waals surface area contributed by atoms with Crippen LogP contribution in [-0.4, -0.2) is 31.9 Å². The Balaban J connectivity index is 1.48. The normalized spacial score (nSPS) is 16.4. The Hall–Kier alpha value is -2.27. The van der Waals surface area contributed by atoms with E-state index in [-0.39, 0.29) is 0 Å². The first-order valence-corrected chi connectivity index (χ1v) is 9.47. The number of benzene rings is 2. The Morgan fingerprint density at radius 2 is 1.96 bits per heavy atom. The molecule has 26 heavy (non-hydrogen) atoms. The maximum Gasteiger partial charge on any atom is 0.170 e. The lowest BCUT2D eigenvalue weighted by atomic mass is 10.1. The van der Waals surface area contributed by atoms with E-state index < -0.39 is 0 Å². The van der Waals surface area contributed by atoms with Crippen LogP contribution in [0.5, 0.6) is 5.75 Å². The van der Waals surface area contributed by atoms with Gasteiger partial charge in [-0.05, 0) is 79.9 Å². The van der Waals surface area contributed by atoms with Gasteiger partial charge in [0.15, 0.2) is 5.11 Å². The molecule has 0 radical (unpaired) electrons. The van der Waals surface area contributed by atoms with Gasteiger partial charge < -0.3 is 20.3 Å². The van der Waals surface area contributed by atoms with Crippen molar-refractivity contribution in [1.82, 2.24) is 5.32 Å². The second-order valence-electron chi connectivity index (χ2n) is 6.95. The number of hydrogen-bond donors (Lipinski definition) is 2. The van der Waals surface area contributed by atoms with Gasteiger partial charge in [-0.3, -0.25) is 0 Å². The van der Waals surface area contributed by atoms with Gasteiger partial charge in [-0.1, -0.05) is 12.1 Å². The zero-order valence-corrected chi connectivity index (χ0v) is 16.5. The van der Waals surface area contributed by atoms with Crippen LogP contribution >= 0.6 is 12.2 Å². The topological polar surface area (TPSA) is 36.5 Å². The lowest BCUT2D eigenvalue weighted by Crippen LogP contribution is -2.34. The molecular formula is C21H27N3OS. The summed E-state index contributed by atoms with van der Waals surface area (Å²) in [6.45, 7) is 7.20. The van der Waals surface area contributed by atoms with Crippen LogP contribution < -0.4 is 20.3 Å². The summed E-state index contributed by atoms with van der Waals surface area (Å²) in [6, 6.07) is 14.6. The van der Waals surface area contributed by atoms with Gasteiger partial charge in [-0.25, -0.2) is 0 Å². The van der Waals surface area contributed by atoms with E-state index in [9.17, 15) is 0 Å². The molecule has 3 rings (SSSR count). The van der Waals surface area contributed by atoms with E-state index in [1.807, 2.05) is 12.1 Å². The van der Waals surface area contributed by atoms with E-state index in [1.165, 1.54) is 23.2 Å². The monoisotopic (exact) mass is 369 g/mol. The standard InChI is InChI=1S/C21H27N3OS/c1-15-4-5-16(2)20(12-15)23-21(26)22-13-17-10-11-24(14-17)18-6-8-19(25-3)9-7-18/h4-9,12,17H,10-11,13-14H2,1-3H3,(H2,22,23,26)/t17-/m0/s1. The molecule has 5 heteroatoms. The molecule has 0 aliphatic carbocycles. The fourth-order valence-corrected chi connectivity index (χ4v) is 3.49. The summed E-state index contributed by atoms with van der Waals surface area (Å²) in [5.41, 5.74) is 4.76. The first-order valence-electron chi connectivity index (χ1n) is 9.06. The maximum atomic E-state index is 5.47. The van der Waals surface area contributed by atoms with Gasteiger partial charge in [0.1, 0.15) is 5.75 Å². The minimum absolute atomic E-state index is 0.593. The van der Waals surface area contributed by atoms with Crippen LogP contribution in [0.4, 0.5) is 11.4 Å². The van der Waals surface area contributed by atoms with Crippen LogP contribution in [0.1, 0.15) is 17.5 Å². The number of thiocarbonyl (C=S) groups is 1. The number of methoxy groups -OCH3 is 1. The second kappa shape index (κ2) is 8.41. The van der Waals surface area contributed by atoms with Gasteiger partial charge in [0.25, 0.3) is 0 Å². The Morgan fingerprint density at radius 1 is 1.19 bits per heavy atom. The minimum Gasteiger partial charge on any atom is -0.497 e. The lowest BCUT2D eigenvalue weighted by Gasteiger charge is -2.20. The van der Waals surface area contributed by atoms with E-state index in [0.29, 0.717) is 11.0 Å². The van der Waals surface area contributed by atoms with Gasteiger partial charge in [0.05, 0.1) is 7.11 Å². The van der Waals surface area contributed by atoms with Crippen molar-refractivity contribution >= 4 is 28.7 Å². The molecule has 1 aliphatic heterocycles.